The average Bonchev–Trinajstić information content (AvgIpc) is 3.36. The molecule has 1 aliphatic rings. The van der Waals surface area contributed by atoms with E-state index in [1.54, 1.807) is 43.3 Å². The van der Waals surface area contributed by atoms with Crippen LogP contribution in [0.1, 0.15) is 37.8 Å². The Balaban J connectivity index is 1.79. The van der Waals surface area contributed by atoms with Gasteiger partial charge in [0, 0.05) is 11.7 Å². The Morgan fingerprint density at radius 3 is 2.19 bits per heavy atom. The molecule has 1 amide bonds. The summed E-state index contributed by atoms with van der Waals surface area (Å²) in [6.07, 6.45) is 1.64. The summed E-state index contributed by atoms with van der Waals surface area (Å²) in [6, 6.07) is 14.1. The predicted octanol–water partition coefficient (Wildman–Crippen LogP) is 3.35. The normalized spacial score (nSPS) is 15.5. The Kier molecular flexibility index (Phi) is 4.80. The van der Waals surface area contributed by atoms with E-state index < -0.39 is 15.4 Å². The van der Waals surface area contributed by atoms with Crippen LogP contribution in [0.4, 0.5) is 5.69 Å². The summed E-state index contributed by atoms with van der Waals surface area (Å²) in [5.74, 6) is 0.0424. The minimum Gasteiger partial charge on any atom is -0.353 e. The highest BCUT2D eigenvalue weighted by molar-refractivity contribution is 7.92. The molecule has 0 unspecified atom stereocenters. The topological polar surface area (TPSA) is 75.3 Å². The molecule has 0 heterocycles. The van der Waals surface area contributed by atoms with Crippen LogP contribution in [0.3, 0.4) is 0 Å². The molecule has 0 spiro atoms. The summed E-state index contributed by atoms with van der Waals surface area (Å²) in [6.45, 7) is 5.65. The van der Waals surface area contributed by atoms with Gasteiger partial charge in [0.05, 0.1) is 10.3 Å². The molecule has 1 aliphatic carbocycles. The molecule has 3 rings (SSSR count). The SMILES string of the molecule is Cc1ccccc1S(=O)(=O)Nc1ccc(C2(C(=O)NC(C)C)CC2)cc1. The highest BCUT2D eigenvalue weighted by Crippen LogP contribution is 2.48. The monoisotopic (exact) mass is 372 g/mol. The van der Waals surface area contributed by atoms with Gasteiger partial charge in [-0.3, -0.25) is 9.52 Å². The van der Waals surface area contributed by atoms with Gasteiger partial charge >= 0.3 is 0 Å². The maximum Gasteiger partial charge on any atom is 0.262 e. The van der Waals surface area contributed by atoms with Gasteiger partial charge in [0.15, 0.2) is 0 Å². The molecular formula is C20H24N2O3S. The summed E-state index contributed by atoms with van der Waals surface area (Å²) in [7, 11) is -3.64. The molecule has 0 atom stereocenters. The van der Waals surface area contributed by atoms with E-state index in [1.807, 2.05) is 26.0 Å². The van der Waals surface area contributed by atoms with Crippen molar-refractivity contribution in [2.45, 2.75) is 50.0 Å². The van der Waals surface area contributed by atoms with Gasteiger partial charge in [0.2, 0.25) is 5.91 Å². The minimum absolute atomic E-state index is 0.0424. The number of carbonyl (C=O) groups excluding carboxylic acids is 1. The highest BCUT2D eigenvalue weighted by atomic mass is 32.2. The van der Waals surface area contributed by atoms with Crippen molar-refractivity contribution in [2.24, 2.45) is 0 Å². The zero-order valence-corrected chi connectivity index (χ0v) is 16.1. The largest absolute Gasteiger partial charge is 0.353 e. The lowest BCUT2D eigenvalue weighted by molar-refractivity contribution is -0.124. The van der Waals surface area contributed by atoms with Crippen LogP contribution in [0, 0.1) is 6.92 Å². The number of rotatable bonds is 6. The maximum absolute atomic E-state index is 12.6. The lowest BCUT2D eigenvalue weighted by Crippen LogP contribution is -2.38. The molecule has 1 fully saturated rings. The van der Waals surface area contributed by atoms with Gasteiger partial charge in [0.1, 0.15) is 0 Å². The molecule has 26 heavy (non-hydrogen) atoms. The van der Waals surface area contributed by atoms with Crippen molar-refractivity contribution in [1.29, 1.82) is 0 Å². The number of aryl methyl sites for hydroxylation is 1. The van der Waals surface area contributed by atoms with Gasteiger partial charge in [0.25, 0.3) is 10.0 Å². The fourth-order valence-corrected chi connectivity index (χ4v) is 4.40. The molecule has 0 radical (unpaired) electrons. The average molecular weight is 372 g/mol. The third-order valence-electron chi connectivity index (χ3n) is 4.68. The van der Waals surface area contributed by atoms with Crippen LogP contribution in [-0.4, -0.2) is 20.4 Å². The smallest absolute Gasteiger partial charge is 0.262 e. The van der Waals surface area contributed by atoms with E-state index in [2.05, 4.69) is 10.0 Å². The van der Waals surface area contributed by atoms with Crippen molar-refractivity contribution in [3.63, 3.8) is 0 Å². The lowest BCUT2D eigenvalue weighted by Gasteiger charge is -2.18. The summed E-state index contributed by atoms with van der Waals surface area (Å²) in [5.41, 5.74) is 1.64. The van der Waals surface area contributed by atoms with E-state index >= 15 is 0 Å². The van der Waals surface area contributed by atoms with Crippen molar-refractivity contribution in [2.75, 3.05) is 4.72 Å². The maximum atomic E-state index is 12.6. The van der Waals surface area contributed by atoms with Crippen molar-refractivity contribution >= 4 is 21.6 Å². The van der Waals surface area contributed by atoms with Crippen LogP contribution in [0.2, 0.25) is 0 Å². The number of hydrogen-bond donors (Lipinski definition) is 2. The van der Waals surface area contributed by atoms with E-state index in [0.717, 1.165) is 18.4 Å². The van der Waals surface area contributed by atoms with Gasteiger partial charge in [-0.1, -0.05) is 30.3 Å². The van der Waals surface area contributed by atoms with Gasteiger partial charge in [-0.05, 0) is 62.9 Å². The lowest BCUT2D eigenvalue weighted by atomic mass is 9.94. The Labute approximate surface area is 154 Å². The number of anilines is 1. The molecule has 0 aliphatic heterocycles. The van der Waals surface area contributed by atoms with Crippen LogP contribution >= 0.6 is 0 Å². The third-order valence-corrected chi connectivity index (χ3v) is 6.22. The summed E-state index contributed by atoms with van der Waals surface area (Å²) < 4.78 is 27.7. The van der Waals surface area contributed by atoms with Crippen LogP contribution in [0.25, 0.3) is 0 Å². The molecule has 138 valence electrons. The van der Waals surface area contributed by atoms with Crippen molar-refractivity contribution in [3.8, 4) is 0 Å². The van der Waals surface area contributed by atoms with Crippen LogP contribution in [0.5, 0.6) is 0 Å². The van der Waals surface area contributed by atoms with Gasteiger partial charge in [-0.2, -0.15) is 0 Å². The first-order valence-corrected chi connectivity index (χ1v) is 10.2. The summed E-state index contributed by atoms with van der Waals surface area (Å²) in [5, 5.41) is 2.97. The fourth-order valence-electron chi connectivity index (χ4n) is 3.10. The number of benzene rings is 2. The minimum atomic E-state index is -3.64. The molecule has 0 saturated heterocycles. The first-order valence-electron chi connectivity index (χ1n) is 8.74. The Bertz CT molecular complexity index is 914. The second-order valence-corrected chi connectivity index (χ2v) is 8.81. The molecule has 1 saturated carbocycles. The van der Waals surface area contributed by atoms with E-state index in [9.17, 15) is 13.2 Å². The van der Waals surface area contributed by atoms with Crippen molar-refractivity contribution in [1.82, 2.24) is 5.32 Å². The number of sulfonamides is 1. The molecule has 2 aromatic carbocycles. The molecule has 6 heteroatoms. The second-order valence-electron chi connectivity index (χ2n) is 7.16. The van der Waals surface area contributed by atoms with E-state index in [4.69, 9.17) is 0 Å². The first kappa shape index (κ1) is 18.5. The molecule has 2 N–H and O–H groups in total. The van der Waals surface area contributed by atoms with Gasteiger partial charge < -0.3 is 5.32 Å². The molecule has 0 bridgehead atoms. The van der Waals surface area contributed by atoms with Crippen LogP contribution < -0.4 is 10.0 Å². The molecular weight excluding hydrogens is 348 g/mol. The van der Waals surface area contributed by atoms with Crippen LogP contribution in [-0.2, 0) is 20.2 Å². The summed E-state index contributed by atoms with van der Waals surface area (Å²) >= 11 is 0. The molecule has 0 aromatic heterocycles. The summed E-state index contributed by atoms with van der Waals surface area (Å²) in [4.78, 5) is 12.7. The van der Waals surface area contributed by atoms with Crippen molar-refractivity contribution in [3.05, 3.63) is 59.7 Å². The Morgan fingerprint density at radius 2 is 1.65 bits per heavy atom. The fraction of sp³-hybridized carbons (Fsp3) is 0.350. The Hall–Kier alpha value is -2.34. The van der Waals surface area contributed by atoms with E-state index in [0.29, 0.717) is 11.3 Å². The second kappa shape index (κ2) is 6.76. The molecule has 2 aromatic rings. The quantitative estimate of drug-likeness (QED) is 0.816. The number of carbonyl (C=O) groups is 1. The highest BCUT2D eigenvalue weighted by Gasteiger charge is 2.51. The first-order chi connectivity index (χ1) is 12.2. The van der Waals surface area contributed by atoms with E-state index in [1.165, 1.54) is 0 Å². The Morgan fingerprint density at radius 1 is 1.04 bits per heavy atom. The van der Waals surface area contributed by atoms with Crippen molar-refractivity contribution < 1.29 is 13.2 Å². The predicted molar refractivity (Wildman–Crippen MR) is 103 cm³/mol. The van der Waals surface area contributed by atoms with Gasteiger partial charge in [-0.25, -0.2) is 8.42 Å². The zero-order valence-electron chi connectivity index (χ0n) is 15.2. The zero-order chi connectivity index (χ0) is 18.9. The molecule has 5 nitrogen and oxygen atoms in total. The van der Waals surface area contributed by atoms with E-state index in [-0.39, 0.29) is 16.8 Å². The number of nitrogens with one attached hydrogen (secondary N) is 2. The van der Waals surface area contributed by atoms with Gasteiger partial charge in [-0.15, -0.1) is 0 Å². The number of amides is 1. The van der Waals surface area contributed by atoms with Crippen LogP contribution in [0.15, 0.2) is 53.4 Å². The third kappa shape index (κ3) is 3.60. The standard InChI is InChI=1S/C20H24N2O3S/c1-14(2)21-19(23)20(12-13-20)16-8-10-17(11-9-16)22-26(24,25)18-7-5-4-6-15(18)3/h4-11,14,22H,12-13H2,1-3H3,(H,21,23). The number of hydrogen-bond acceptors (Lipinski definition) is 3.